The first kappa shape index (κ1) is 23.6. The third-order valence-corrected chi connectivity index (χ3v) is 4.95. The Labute approximate surface area is 192 Å². The molecule has 3 aromatic rings. The predicted molar refractivity (Wildman–Crippen MR) is 121 cm³/mol. The second-order valence-electron chi connectivity index (χ2n) is 7.43. The number of hydrogen-bond donors (Lipinski definition) is 0. The van der Waals surface area contributed by atoms with Crippen molar-refractivity contribution >= 4 is 18.0 Å². The van der Waals surface area contributed by atoms with Gasteiger partial charge in [-0.15, -0.1) is 0 Å². The van der Waals surface area contributed by atoms with E-state index < -0.39 is 11.9 Å². The lowest BCUT2D eigenvalue weighted by Gasteiger charge is -2.10. The van der Waals surface area contributed by atoms with Crippen LogP contribution in [0.2, 0.25) is 0 Å². The Hall–Kier alpha value is -4.01. The largest absolute Gasteiger partial charge is 0.493 e. The number of carbonyl (C=O) groups excluding carboxylic acids is 2. The van der Waals surface area contributed by atoms with Crippen molar-refractivity contribution in [3.05, 3.63) is 64.2 Å². The molecule has 2 aromatic heterocycles. The Kier molecular flexibility index (Phi) is 7.22. The van der Waals surface area contributed by atoms with Gasteiger partial charge in [0.1, 0.15) is 0 Å². The van der Waals surface area contributed by atoms with Crippen molar-refractivity contribution in [2.45, 2.75) is 34.1 Å². The molecule has 0 saturated carbocycles. The summed E-state index contributed by atoms with van der Waals surface area (Å²) in [5, 5.41) is 4.52. The van der Waals surface area contributed by atoms with Crippen LogP contribution in [0.25, 0.3) is 12.0 Å². The zero-order chi connectivity index (χ0) is 24.1. The van der Waals surface area contributed by atoms with Crippen molar-refractivity contribution in [2.75, 3.05) is 14.2 Å². The molecule has 3 rings (SSSR count). The Bertz CT molecular complexity index is 1210. The lowest BCUT2D eigenvalue weighted by molar-refractivity contribution is -0.135. The number of aromatic nitrogens is 4. The summed E-state index contributed by atoms with van der Waals surface area (Å²) in [7, 11) is 2.78. The van der Waals surface area contributed by atoms with Gasteiger partial charge in [0.05, 0.1) is 26.3 Å². The second kappa shape index (κ2) is 10.1. The fraction of sp³-hybridized carbons (Fsp3) is 0.292. The van der Waals surface area contributed by atoms with Gasteiger partial charge in [-0.05, 0) is 57.5 Å². The number of nitrogens with zero attached hydrogens (tertiary/aromatic N) is 4. The SMILES string of the molecule is COC(=O)/C=C/c1ccc(OC(=O)Cc2c(C)nn(-c3nc(C)cc(C)n3)c2C)c(OC)c1. The van der Waals surface area contributed by atoms with Gasteiger partial charge in [0, 0.05) is 28.7 Å². The van der Waals surface area contributed by atoms with Crippen LogP contribution in [-0.2, 0) is 20.7 Å². The number of hydrogen-bond acceptors (Lipinski definition) is 8. The van der Waals surface area contributed by atoms with Crippen LogP contribution in [0.4, 0.5) is 0 Å². The summed E-state index contributed by atoms with van der Waals surface area (Å²) in [6.45, 7) is 7.49. The van der Waals surface area contributed by atoms with Gasteiger partial charge in [-0.1, -0.05) is 6.07 Å². The molecule has 0 N–H and O–H groups in total. The van der Waals surface area contributed by atoms with E-state index in [1.165, 1.54) is 20.3 Å². The molecule has 0 radical (unpaired) electrons. The molecule has 9 heteroatoms. The molecule has 0 amide bonds. The van der Waals surface area contributed by atoms with Crippen molar-refractivity contribution in [3.8, 4) is 17.4 Å². The van der Waals surface area contributed by atoms with E-state index in [1.54, 1.807) is 29.0 Å². The second-order valence-corrected chi connectivity index (χ2v) is 7.43. The van der Waals surface area contributed by atoms with E-state index >= 15 is 0 Å². The Balaban J connectivity index is 1.79. The Morgan fingerprint density at radius 1 is 1.00 bits per heavy atom. The number of aryl methyl sites for hydroxylation is 3. The minimum absolute atomic E-state index is 0.0234. The highest BCUT2D eigenvalue weighted by atomic mass is 16.6. The monoisotopic (exact) mass is 450 g/mol. The summed E-state index contributed by atoms with van der Waals surface area (Å²) in [5.41, 5.74) is 4.58. The van der Waals surface area contributed by atoms with Crippen molar-refractivity contribution in [2.24, 2.45) is 0 Å². The molecule has 0 saturated heterocycles. The lowest BCUT2D eigenvalue weighted by Crippen LogP contribution is -2.13. The van der Waals surface area contributed by atoms with Gasteiger partial charge in [0.2, 0.25) is 0 Å². The van der Waals surface area contributed by atoms with Crippen LogP contribution >= 0.6 is 0 Å². The van der Waals surface area contributed by atoms with Crippen molar-refractivity contribution in [3.63, 3.8) is 0 Å². The Morgan fingerprint density at radius 3 is 2.33 bits per heavy atom. The number of rotatable bonds is 7. The van der Waals surface area contributed by atoms with Gasteiger partial charge in [0.15, 0.2) is 11.5 Å². The third-order valence-electron chi connectivity index (χ3n) is 4.95. The number of methoxy groups -OCH3 is 2. The summed E-state index contributed by atoms with van der Waals surface area (Å²) in [6.07, 6.45) is 2.90. The molecule has 0 unspecified atom stereocenters. The number of benzene rings is 1. The van der Waals surface area contributed by atoms with Crippen molar-refractivity contribution < 1.29 is 23.8 Å². The van der Waals surface area contributed by atoms with E-state index in [1.807, 2.05) is 33.8 Å². The maximum absolute atomic E-state index is 12.7. The molecular weight excluding hydrogens is 424 g/mol. The average molecular weight is 450 g/mol. The summed E-state index contributed by atoms with van der Waals surface area (Å²) >= 11 is 0. The molecule has 0 aliphatic heterocycles. The summed E-state index contributed by atoms with van der Waals surface area (Å²) in [6, 6.07) is 6.86. The zero-order valence-corrected chi connectivity index (χ0v) is 19.5. The van der Waals surface area contributed by atoms with Crippen LogP contribution in [0.3, 0.4) is 0 Å². The van der Waals surface area contributed by atoms with E-state index in [4.69, 9.17) is 9.47 Å². The molecule has 172 valence electrons. The van der Waals surface area contributed by atoms with Gasteiger partial charge in [-0.3, -0.25) is 4.79 Å². The third kappa shape index (κ3) is 5.62. The molecule has 0 atom stereocenters. The zero-order valence-electron chi connectivity index (χ0n) is 19.5. The molecule has 0 bridgehead atoms. The van der Waals surface area contributed by atoms with Crippen molar-refractivity contribution in [1.82, 2.24) is 19.7 Å². The van der Waals surface area contributed by atoms with Gasteiger partial charge < -0.3 is 14.2 Å². The number of ether oxygens (including phenoxy) is 3. The summed E-state index contributed by atoms with van der Waals surface area (Å²) < 4.78 is 17.1. The molecule has 33 heavy (non-hydrogen) atoms. The van der Waals surface area contributed by atoms with E-state index in [-0.39, 0.29) is 12.2 Å². The van der Waals surface area contributed by atoms with E-state index in [9.17, 15) is 9.59 Å². The normalized spacial score (nSPS) is 11.0. The van der Waals surface area contributed by atoms with Gasteiger partial charge in [0.25, 0.3) is 5.95 Å². The van der Waals surface area contributed by atoms with Crippen LogP contribution in [0, 0.1) is 27.7 Å². The lowest BCUT2D eigenvalue weighted by atomic mass is 10.1. The molecule has 0 aliphatic carbocycles. The van der Waals surface area contributed by atoms with E-state index in [0.29, 0.717) is 23.0 Å². The first-order valence-electron chi connectivity index (χ1n) is 10.2. The van der Waals surface area contributed by atoms with Crippen molar-refractivity contribution in [1.29, 1.82) is 0 Å². The average Bonchev–Trinajstić information content (AvgIpc) is 3.05. The molecule has 9 nitrogen and oxygen atoms in total. The van der Waals surface area contributed by atoms with E-state index in [2.05, 4.69) is 19.8 Å². The first-order chi connectivity index (χ1) is 15.7. The first-order valence-corrected chi connectivity index (χ1v) is 10.2. The molecule has 0 aliphatic rings. The smallest absolute Gasteiger partial charge is 0.330 e. The molecule has 0 fully saturated rings. The predicted octanol–water partition coefficient (Wildman–Crippen LogP) is 3.24. The fourth-order valence-corrected chi connectivity index (χ4v) is 3.34. The maximum atomic E-state index is 12.7. The topological polar surface area (TPSA) is 105 Å². The van der Waals surface area contributed by atoms with E-state index in [0.717, 1.165) is 22.6 Å². The standard InChI is InChI=1S/C24H26N4O5/c1-14-11-15(2)26-24(25-14)28-17(4)19(16(3)27-28)13-23(30)33-20-9-7-18(12-21(20)31-5)8-10-22(29)32-6/h7-12H,13H2,1-6H3/b10-8+. The van der Waals surface area contributed by atoms with Gasteiger partial charge >= 0.3 is 11.9 Å². The summed E-state index contributed by atoms with van der Waals surface area (Å²) in [4.78, 5) is 32.9. The number of carbonyl (C=O) groups is 2. The highest BCUT2D eigenvalue weighted by Gasteiger charge is 2.19. The van der Waals surface area contributed by atoms with Crippen LogP contribution in [0.5, 0.6) is 11.5 Å². The maximum Gasteiger partial charge on any atom is 0.330 e. The molecule has 2 heterocycles. The summed E-state index contributed by atoms with van der Waals surface area (Å²) in [5.74, 6) is 0.173. The highest BCUT2D eigenvalue weighted by Crippen LogP contribution is 2.29. The minimum Gasteiger partial charge on any atom is -0.493 e. The molecule has 0 spiro atoms. The van der Waals surface area contributed by atoms with Crippen LogP contribution in [-0.4, -0.2) is 45.9 Å². The van der Waals surface area contributed by atoms with Crippen LogP contribution in [0.15, 0.2) is 30.3 Å². The minimum atomic E-state index is -0.470. The Morgan fingerprint density at radius 2 is 1.70 bits per heavy atom. The quantitative estimate of drug-likeness (QED) is 0.307. The molecular formula is C24H26N4O5. The van der Waals surface area contributed by atoms with Gasteiger partial charge in [-0.25, -0.2) is 19.4 Å². The molecule has 1 aromatic carbocycles. The fourth-order valence-electron chi connectivity index (χ4n) is 3.34. The van der Waals surface area contributed by atoms with Crippen LogP contribution < -0.4 is 9.47 Å². The van der Waals surface area contributed by atoms with Gasteiger partial charge in [-0.2, -0.15) is 5.10 Å². The highest BCUT2D eigenvalue weighted by molar-refractivity contribution is 5.87. The number of esters is 2. The van der Waals surface area contributed by atoms with Crippen LogP contribution in [0.1, 0.15) is 33.9 Å².